The lowest BCUT2D eigenvalue weighted by atomic mass is 10.2. The molecule has 1 unspecified atom stereocenters. The Labute approximate surface area is 112 Å². The summed E-state index contributed by atoms with van der Waals surface area (Å²) < 4.78 is 3.68. The highest BCUT2D eigenvalue weighted by molar-refractivity contribution is 5.10. The van der Waals surface area contributed by atoms with Crippen molar-refractivity contribution in [2.75, 3.05) is 13.1 Å². The fraction of sp³-hybridized carbons (Fsp3) is 0.429. The van der Waals surface area contributed by atoms with Crippen LogP contribution in [0.15, 0.2) is 41.6 Å². The first-order valence-corrected chi connectivity index (χ1v) is 6.59. The molecule has 3 heterocycles. The van der Waals surface area contributed by atoms with Gasteiger partial charge in [-0.15, -0.1) is 0 Å². The molecule has 0 aliphatic carbocycles. The first kappa shape index (κ1) is 12.2. The fourth-order valence-corrected chi connectivity index (χ4v) is 2.67. The molecule has 2 aromatic heterocycles. The lowest BCUT2D eigenvalue weighted by Crippen LogP contribution is -2.23. The van der Waals surface area contributed by atoms with E-state index in [9.17, 15) is 4.79 Å². The van der Waals surface area contributed by atoms with Crippen LogP contribution in [0.3, 0.4) is 0 Å². The van der Waals surface area contributed by atoms with Crippen LogP contribution in [0, 0.1) is 0 Å². The molecule has 1 fully saturated rings. The van der Waals surface area contributed by atoms with Gasteiger partial charge in [0.05, 0.1) is 6.04 Å². The van der Waals surface area contributed by atoms with E-state index in [1.807, 2.05) is 35.4 Å². The molecular formula is C14H18N4O. The van der Waals surface area contributed by atoms with Crippen molar-refractivity contribution in [2.24, 2.45) is 7.05 Å². The molecule has 0 aromatic carbocycles. The summed E-state index contributed by atoms with van der Waals surface area (Å²) in [5.41, 5.74) is 1.22. The highest BCUT2D eigenvalue weighted by atomic mass is 16.1. The topological polar surface area (TPSA) is 43.1 Å². The molecule has 0 amide bonds. The quantitative estimate of drug-likeness (QED) is 0.826. The van der Waals surface area contributed by atoms with Crippen LogP contribution in [0.4, 0.5) is 0 Å². The van der Waals surface area contributed by atoms with Crippen LogP contribution in [0.2, 0.25) is 0 Å². The van der Waals surface area contributed by atoms with Crippen LogP contribution in [0.5, 0.6) is 0 Å². The van der Waals surface area contributed by atoms with Gasteiger partial charge in [-0.1, -0.05) is 6.07 Å². The van der Waals surface area contributed by atoms with E-state index < -0.39 is 0 Å². The Morgan fingerprint density at radius 1 is 1.42 bits per heavy atom. The largest absolute Gasteiger partial charge is 0.318 e. The molecule has 1 aliphatic heterocycles. The second kappa shape index (κ2) is 5.01. The van der Waals surface area contributed by atoms with Crippen molar-refractivity contribution in [3.63, 3.8) is 0 Å². The van der Waals surface area contributed by atoms with Gasteiger partial charge in [0.1, 0.15) is 0 Å². The Bertz CT molecular complexity index is 602. The summed E-state index contributed by atoms with van der Waals surface area (Å²) in [6.07, 6.45) is 6.91. The highest BCUT2D eigenvalue weighted by Gasteiger charge is 2.23. The predicted molar refractivity (Wildman–Crippen MR) is 72.8 cm³/mol. The van der Waals surface area contributed by atoms with Crippen molar-refractivity contribution in [1.29, 1.82) is 0 Å². The minimum atomic E-state index is 0.0413. The molecule has 0 spiro atoms. The first-order valence-electron chi connectivity index (χ1n) is 6.59. The van der Waals surface area contributed by atoms with Gasteiger partial charge in [-0.05, 0) is 18.1 Å². The third-order valence-corrected chi connectivity index (χ3v) is 3.70. The van der Waals surface area contributed by atoms with E-state index in [0.717, 1.165) is 26.1 Å². The zero-order valence-electron chi connectivity index (χ0n) is 11.1. The highest BCUT2D eigenvalue weighted by Crippen LogP contribution is 2.21. The molecule has 0 N–H and O–H groups in total. The van der Waals surface area contributed by atoms with Crippen molar-refractivity contribution in [2.45, 2.75) is 19.0 Å². The summed E-state index contributed by atoms with van der Waals surface area (Å²) in [7, 11) is 1.79. The van der Waals surface area contributed by atoms with Crippen molar-refractivity contribution in [3.05, 3.63) is 52.7 Å². The molecule has 1 aliphatic rings. The zero-order chi connectivity index (χ0) is 13.2. The number of aryl methyl sites for hydroxylation is 1. The Morgan fingerprint density at radius 3 is 3.05 bits per heavy atom. The molecular weight excluding hydrogens is 240 g/mol. The maximum atomic E-state index is 11.4. The summed E-state index contributed by atoms with van der Waals surface area (Å²) in [4.78, 5) is 13.8. The van der Waals surface area contributed by atoms with Crippen LogP contribution in [0.25, 0.3) is 0 Å². The van der Waals surface area contributed by atoms with Gasteiger partial charge < -0.3 is 4.57 Å². The van der Waals surface area contributed by atoms with Crippen LogP contribution >= 0.6 is 0 Å². The molecule has 19 heavy (non-hydrogen) atoms. The normalized spacial score (nSPS) is 19.9. The summed E-state index contributed by atoms with van der Waals surface area (Å²) >= 11 is 0. The predicted octanol–water partition coefficient (Wildman–Crippen LogP) is 1.03. The smallest absolute Gasteiger partial charge is 0.250 e. The van der Waals surface area contributed by atoms with Gasteiger partial charge in [0.15, 0.2) is 0 Å². The van der Waals surface area contributed by atoms with E-state index in [-0.39, 0.29) is 5.56 Å². The number of rotatable bonds is 3. The molecule has 2 aromatic rings. The average Bonchev–Trinajstić information content (AvgIpc) is 3.04. The third-order valence-electron chi connectivity index (χ3n) is 3.70. The average molecular weight is 258 g/mol. The summed E-state index contributed by atoms with van der Waals surface area (Å²) in [5.74, 6) is 0. The molecule has 1 saturated heterocycles. The van der Waals surface area contributed by atoms with Gasteiger partial charge >= 0.3 is 0 Å². The van der Waals surface area contributed by atoms with Gasteiger partial charge in [0.2, 0.25) is 5.56 Å². The van der Waals surface area contributed by atoms with E-state index in [1.165, 1.54) is 5.56 Å². The fourth-order valence-electron chi connectivity index (χ4n) is 2.67. The Morgan fingerprint density at radius 2 is 2.32 bits per heavy atom. The minimum Gasteiger partial charge on any atom is -0.318 e. The van der Waals surface area contributed by atoms with E-state index >= 15 is 0 Å². The van der Waals surface area contributed by atoms with Crippen molar-refractivity contribution >= 4 is 0 Å². The lowest BCUT2D eigenvalue weighted by Gasteiger charge is -2.16. The summed E-state index contributed by atoms with van der Waals surface area (Å²) in [5, 5.41) is 4.31. The van der Waals surface area contributed by atoms with Crippen molar-refractivity contribution < 1.29 is 0 Å². The molecule has 0 bridgehead atoms. The number of aromatic nitrogens is 3. The number of nitrogens with zero attached hydrogens (tertiary/aromatic N) is 4. The maximum Gasteiger partial charge on any atom is 0.250 e. The molecule has 0 saturated carbocycles. The molecule has 3 rings (SSSR count). The maximum absolute atomic E-state index is 11.4. The molecule has 100 valence electrons. The second-order valence-electron chi connectivity index (χ2n) is 5.15. The van der Waals surface area contributed by atoms with Gasteiger partial charge in [0.25, 0.3) is 0 Å². The van der Waals surface area contributed by atoms with Crippen LogP contribution in [0.1, 0.15) is 18.0 Å². The molecule has 1 atom stereocenters. The molecule has 5 nitrogen and oxygen atoms in total. The zero-order valence-corrected chi connectivity index (χ0v) is 11.1. The lowest BCUT2D eigenvalue weighted by molar-refractivity contribution is 0.311. The van der Waals surface area contributed by atoms with Gasteiger partial charge in [-0.3, -0.25) is 14.4 Å². The second-order valence-corrected chi connectivity index (χ2v) is 5.15. The Balaban J connectivity index is 1.65. The third kappa shape index (κ3) is 2.61. The van der Waals surface area contributed by atoms with Gasteiger partial charge in [-0.2, -0.15) is 5.10 Å². The van der Waals surface area contributed by atoms with E-state index in [4.69, 9.17) is 0 Å². The molecule has 5 heteroatoms. The SMILES string of the molecule is Cn1cc(CN2CCC(n3cccn3)C2)ccc1=O. The summed E-state index contributed by atoms with van der Waals surface area (Å²) in [6, 6.07) is 6.00. The van der Waals surface area contributed by atoms with E-state index in [0.29, 0.717) is 6.04 Å². The van der Waals surface area contributed by atoms with Crippen LogP contribution < -0.4 is 5.56 Å². The van der Waals surface area contributed by atoms with Gasteiger partial charge in [0, 0.05) is 51.3 Å². The van der Waals surface area contributed by atoms with Crippen molar-refractivity contribution in [3.8, 4) is 0 Å². The standard InChI is InChI=1S/C14H18N4O/c1-16-9-12(3-4-14(16)19)10-17-8-5-13(11-17)18-7-2-6-15-18/h2-4,6-7,9,13H,5,8,10-11H2,1H3. The van der Waals surface area contributed by atoms with Gasteiger partial charge in [-0.25, -0.2) is 0 Å². The number of hydrogen-bond donors (Lipinski definition) is 0. The van der Waals surface area contributed by atoms with Crippen molar-refractivity contribution in [1.82, 2.24) is 19.2 Å². The van der Waals surface area contributed by atoms with E-state index in [1.54, 1.807) is 17.7 Å². The monoisotopic (exact) mass is 258 g/mol. The summed E-state index contributed by atoms with van der Waals surface area (Å²) in [6.45, 7) is 2.99. The van der Waals surface area contributed by atoms with E-state index in [2.05, 4.69) is 10.00 Å². The minimum absolute atomic E-state index is 0.0413. The number of hydrogen-bond acceptors (Lipinski definition) is 3. The number of pyridine rings is 1. The van der Waals surface area contributed by atoms with Crippen LogP contribution in [-0.4, -0.2) is 32.3 Å². The number of likely N-dealkylation sites (tertiary alicyclic amines) is 1. The Kier molecular flexibility index (Phi) is 3.21. The van der Waals surface area contributed by atoms with Crippen LogP contribution in [-0.2, 0) is 13.6 Å². The Hall–Kier alpha value is -1.88. The molecule has 0 radical (unpaired) electrons. The first-order chi connectivity index (χ1) is 9.22.